The molecule has 2 atom stereocenters. The number of benzene rings is 2. The summed E-state index contributed by atoms with van der Waals surface area (Å²) in [5.41, 5.74) is 3.77. The molecule has 178 valence electrons. The molecule has 0 saturated heterocycles. The molecule has 0 aromatic heterocycles. The highest BCUT2D eigenvalue weighted by atomic mass is 35.5. The van der Waals surface area contributed by atoms with Crippen LogP contribution in [0, 0.1) is 0 Å². The minimum Gasteiger partial charge on any atom is -0.503 e. The zero-order valence-corrected chi connectivity index (χ0v) is 20.2. The first-order valence-corrected chi connectivity index (χ1v) is 11.2. The number of carbonyl (C=O) groups excluding carboxylic acids is 2. The standard InChI is InChI=1S/C26H26ClNO6/c1-13-22(26(31)34-4)23(16-9-18(27)25(30)21(12-16)33-3)24-19(28-13)10-15(11-20(24)29)14-5-7-17(32-2)8-6-14/h5-9,12,15,23,28,30H,10-11H2,1-4H3. The highest BCUT2D eigenvalue weighted by molar-refractivity contribution is 6.32. The Morgan fingerprint density at radius 2 is 1.76 bits per heavy atom. The average molecular weight is 484 g/mol. The zero-order chi connectivity index (χ0) is 24.6. The highest BCUT2D eigenvalue weighted by Crippen LogP contribution is 2.48. The first-order chi connectivity index (χ1) is 16.3. The minimum absolute atomic E-state index is 0.0178. The van der Waals surface area contributed by atoms with Gasteiger partial charge in [0, 0.05) is 29.3 Å². The van der Waals surface area contributed by atoms with Gasteiger partial charge in [-0.15, -0.1) is 0 Å². The van der Waals surface area contributed by atoms with E-state index in [0.717, 1.165) is 17.0 Å². The molecule has 0 spiro atoms. The third-order valence-electron chi connectivity index (χ3n) is 6.42. The Kier molecular flexibility index (Phi) is 6.57. The van der Waals surface area contributed by atoms with E-state index in [1.165, 1.54) is 14.2 Å². The summed E-state index contributed by atoms with van der Waals surface area (Å²) in [4.78, 5) is 26.4. The molecule has 2 aromatic carbocycles. The molecule has 1 aliphatic heterocycles. The SMILES string of the molecule is COC(=O)C1=C(C)NC2=C(C(=O)CC(c3ccc(OC)cc3)C2)C1c1cc(Cl)c(O)c(OC)c1. The summed E-state index contributed by atoms with van der Waals surface area (Å²) in [5, 5.41) is 13.6. The number of ketones is 1. The molecular formula is C26H26ClNO6. The Morgan fingerprint density at radius 3 is 2.38 bits per heavy atom. The molecule has 0 bridgehead atoms. The number of methoxy groups -OCH3 is 3. The van der Waals surface area contributed by atoms with Crippen molar-refractivity contribution in [2.45, 2.75) is 31.6 Å². The van der Waals surface area contributed by atoms with Crippen LogP contribution < -0.4 is 14.8 Å². The van der Waals surface area contributed by atoms with Gasteiger partial charge in [-0.3, -0.25) is 4.79 Å². The van der Waals surface area contributed by atoms with E-state index < -0.39 is 11.9 Å². The predicted octanol–water partition coefficient (Wildman–Crippen LogP) is 4.60. The minimum atomic E-state index is -0.708. The van der Waals surface area contributed by atoms with Crippen LogP contribution in [-0.2, 0) is 14.3 Å². The van der Waals surface area contributed by atoms with Gasteiger partial charge in [0.1, 0.15) is 5.75 Å². The van der Waals surface area contributed by atoms with E-state index in [1.807, 2.05) is 24.3 Å². The third-order valence-corrected chi connectivity index (χ3v) is 6.71. The molecule has 34 heavy (non-hydrogen) atoms. The van der Waals surface area contributed by atoms with Crippen molar-refractivity contribution in [1.29, 1.82) is 0 Å². The number of ether oxygens (including phenoxy) is 3. The summed E-state index contributed by atoms with van der Waals surface area (Å²) in [6.45, 7) is 1.78. The van der Waals surface area contributed by atoms with Crippen molar-refractivity contribution in [1.82, 2.24) is 5.32 Å². The van der Waals surface area contributed by atoms with Gasteiger partial charge in [0.15, 0.2) is 17.3 Å². The summed E-state index contributed by atoms with van der Waals surface area (Å²) < 4.78 is 15.6. The van der Waals surface area contributed by atoms with Crippen molar-refractivity contribution < 1.29 is 28.9 Å². The largest absolute Gasteiger partial charge is 0.503 e. The van der Waals surface area contributed by atoms with E-state index in [2.05, 4.69) is 5.32 Å². The van der Waals surface area contributed by atoms with Crippen molar-refractivity contribution >= 4 is 23.4 Å². The van der Waals surface area contributed by atoms with Gasteiger partial charge < -0.3 is 24.6 Å². The van der Waals surface area contributed by atoms with Gasteiger partial charge in [-0.2, -0.15) is 0 Å². The van der Waals surface area contributed by atoms with Gasteiger partial charge in [0.25, 0.3) is 0 Å². The fraction of sp³-hybridized carbons (Fsp3) is 0.308. The number of halogens is 1. The van der Waals surface area contributed by atoms with E-state index in [1.54, 1.807) is 26.2 Å². The van der Waals surface area contributed by atoms with Crippen molar-refractivity contribution in [3.8, 4) is 17.2 Å². The van der Waals surface area contributed by atoms with E-state index in [0.29, 0.717) is 35.2 Å². The number of allylic oxidation sites excluding steroid dienone is 3. The number of aromatic hydroxyl groups is 1. The van der Waals surface area contributed by atoms with Crippen LogP contribution in [0.4, 0.5) is 0 Å². The molecule has 0 saturated carbocycles. The van der Waals surface area contributed by atoms with Crippen LogP contribution in [0.1, 0.15) is 42.7 Å². The number of phenols is 1. The normalized spacial score (nSPS) is 20.0. The van der Waals surface area contributed by atoms with Gasteiger partial charge in [-0.1, -0.05) is 23.7 Å². The van der Waals surface area contributed by atoms with Crippen LogP contribution in [0.2, 0.25) is 5.02 Å². The van der Waals surface area contributed by atoms with Crippen LogP contribution in [0.3, 0.4) is 0 Å². The summed E-state index contributed by atoms with van der Waals surface area (Å²) in [6.07, 6.45) is 0.887. The maximum Gasteiger partial charge on any atom is 0.336 e. The lowest BCUT2D eigenvalue weighted by Crippen LogP contribution is -2.36. The first kappa shape index (κ1) is 23.7. The maximum absolute atomic E-state index is 13.6. The Labute approximate surface area is 203 Å². The molecule has 1 heterocycles. The number of carbonyl (C=O) groups is 2. The number of nitrogens with one attached hydrogen (secondary N) is 1. The second-order valence-corrected chi connectivity index (χ2v) is 8.74. The number of hydrogen-bond donors (Lipinski definition) is 2. The Balaban J connectivity index is 1.83. The molecule has 0 radical (unpaired) electrons. The van der Waals surface area contributed by atoms with Gasteiger partial charge in [0.2, 0.25) is 0 Å². The second kappa shape index (κ2) is 9.43. The number of phenolic OH excluding ortho intramolecular Hbond substituents is 1. The molecule has 2 aromatic rings. The lowest BCUT2D eigenvalue weighted by Gasteiger charge is -2.36. The summed E-state index contributed by atoms with van der Waals surface area (Å²) >= 11 is 6.26. The number of esters is 1. The monoisotopic (exact) mass is 483 g/mol. The van der Waals surface area contributed by atoms with Gasteiger partial charge in [-0.05, 0) is 54.7 Å². The Morgan fingerprint density at radius 1 is 1.06 bits per heavy atom. The molecule has 2 N–H and O–H groups in total. The van der Waals surface area contributed by atoms with E-state index >= 15 is 0 Å². The van der Waals surface area contributed by atoms with Crippen LogP contribution in [0.15, 0.2) is 58.9 Å². The third kappa shape index (κ3) is 4.12. The summed E-state index contributed by atoms with van der Waals surface area (Å²) in [7, 11) is 4.33. The Bertz CT molecular complexity index is 1210. The van der Waals surface area contributed by atoms with Gasteiger partial charge in [-0.25, -0.2) is 4.79 Å². The molecule has 0 amide bonds. The molecule has 4 rings (SSSR count). The first-order valence-electron chi connectivity index (χ1n) is 10.8. The van der Waals surface area contributed by atoms with Crippen molar-refractivity contribution in [2.75, 3.05) is 21.3 Å². The molecule has 7 nitrogen and oxygen atoms in total. The maximum atomic E-state index is 13.6. The number of Topliss-reactive ketones (excluding diaryl/α,β-unsaturated/α-hetero) is 1. The van der Waals surface area contributed by atoms with Crippen LogP contribution in [0.5, 0.6) is 17.2 Å². The fourth-order valence-corrected chi connectivity index (χ4v) is 5.00. The molecule has 2 aliphatic rings. The molecule has 8 heteroatoms. The number of hydrogen-bond acceptors (Lipinski definition) is 7. The van der Waals surface area contributed by atoms with Crippen molar-refractivity contribution in [2.24, 2.45) is 0 Å². The van der Waals surface area contributed by atoms with Crippen LogP contribution in [0.25, 0.3) is 0 Å². The summed E-state index contributed by atoms with van der Waals surface area (Å²) in [5.74, 6) is -0.640. The Hall–Kier alpha value is -3.45. The van der Waals surface area contributed by atoms with E-state index in [-0.39, 0.29) is 28.2 Å². The van der Waals surface area contributed by atoms with Gasteiger partial charge >= 0.3 is 5.97 Å². The quantitative estimate of drug-likeness (QED) is 0.600. The average Bonchev–Trinajstić information content (AvgIpc) is 2.84. The lowest BCUT2D eigenvalue weighted by molar-refractivity contribution is -0.136. The van der Waals surface area contributed by atoms with Crippen molar-refractivity contribution in [3.05, 3.63) is 75.1 Å². The number of dihydropyridines is 1. The number of rotatable bonds is 5. The van der Waals surface area contributed by atoms with Crippen LogP contribution >= 0.6 is 11.6 Å². The second-order valence-electron chi connectivity index (χ2n) is 8.34. The van der Waals surface area contributed by atoms with E-state index in [9.17, 15) is 14.7 Å². The molecule has 0 fully saturated rings. The fourth-order valence-electron chi connectivity index (χ4n) is 4.78. The predicted molar refractivity (Wildman–Crippen MR) is 127 cm³/mol. The zero-order valence-electron chi connectivity index (χ0n) is 19.4. The molecule has 2 unspecified atom stereocenters. The van der Waals surface area contributed by atoms with Crippen molar-refractivity contribution in [3.63, 3.8) is 0 Å². The van der Waals surface area contributed by atoms with Crippen LogP contribution in [-0.4, -0.2) is 38.2 Å². The summed E-state index contributed by atoms with van der Waals surface area (Å²) in [6, 6.07) is 10.9. The highest BCUT2D eigenvalue weighted by Gasteiger charge is 2.41. The smallest absolute Gasteiger partial charge is 0.336 e. The lowest BCUT2D eigenvalue weighted by atomic mass is 9.71. The van der Waals surface area contributed by atoms with Gasteiger partial charge in [0.05, 0.1) is 31.9 Å². The topological polar surface area (TPSA) is 94.1 Å². The van der Waals surface area contributed by atoms with E-state index in [4.69, 9.17) is 25.8 Å². The molecular weight excluding hydrogens is 458 g/mol. The molecule has 1 aliphatic carbocycles.